The van der Waals surface area contributed by atoms with E-state index in [1.54, 1.807) is 24.1 Å². The Bertz CT molecular complexity index is 1190. The van der Waals surface area contributed by atoms with Crippen LogP contribution >= 0.6 is 0 Å². The first-order valence-electron chi connectivity index (χ1n) is 12.6. The van der Waals surface area contributed by atoms with Crippen LogP contribution in [0.3, 0.4) is 0 Å². The number of carbonyl (C=O) groups is 2. The Morgan fingerprint density at radius 3 is 2.39 bits per heavy atom. The Labute approximate surface area is 212 Å². The Morgan fingerprint density at radius 1 is 0.917 bits per heavy atom. The highest BCUT2D eigenvalue weighted by Gasteiger charge is 2.35. The molecule has 36 heavy (non-hydrogen) atoms. The summed E-state index contributed by atoms with van der Waals surface area (Å²) in [7, 11) is 1.64. The third kappa shape index (κ3) is 5.88. The first-order chi connectivity index (χ1) is 17.6. The molecule has 1 aliphatic carbocycles. The summed E-state index contributed by atoms with van der Waals surface area (Å²) in [5.41, 5.74) is 2.71. The maximum Gasteiger partial charge on any atom is 0.254 e. The van der Waals surface area contributed by atoms with Gasteiger partial charge in [-0.25, -0.2) is 0 Å². The van der Waals surface area contributed by atoms with Crippen LogP contribution in [0.1, 0.15) is 34.3 Å². The van der Waals surface area contributed by atoms with Crippen LogP contribution in [0.5, 0.6) is 11.5 Å². The van der Waals surface area contributed by atoms with E-state index in [-0.39, 0.29) is 24.4 Å². The lowest BCUT2D eigenvalue weighted by molar-refractivity contribution is -0.139. The summed E-state index contributed by atoms with van der Waals surface area (Å²) in [6.07, 6.45) is 3.14. The van der Waals surface area contributed by atoms with E-state index >= 15 is 0 Å². The third-order valence-electron chi connectivity index (χ3n) is 6.89. The molecule has 0 unspecified atom stereocenters. The van der Waals surface area contributed by atoms with Crippen LogP contribution in [-0.2, 0) is 17.8 Å². The molecule has 5 rings (SSSR count). The first-order valence-corrected chi connectivity index (χ1v) is 12.6. The van der Waals surface area contributed by atoms with Crippen molar-refractivity contribution in [1.29, 1.82) is 0 Å². The van der Waals surface area contributed by atoms with Gasteiger partial charge in [-0.1, -0.05) is 42.5 Å². The van der Waals surface area contributed by atoms with Gasteiger partial charge in [0.25, 0.3) is 5.91 Å². The summed E-state index contributed by atoms with van der Waals surface area (Å²) >= 11 is 0. The van der Waals surface area contributed by atoms with Crippen molar-refractivity contribution in [2.45, 2.75) is 31.8 Å². The molecule has 1 atom stereocenters. The van der Waals surface area contributed by atoms with Gasteiger partial charge in [0, 0.05) is 18.7 Å². The molecule has 2 aliphatic rings. The van der Waals surface area contributed by atoms with E-state index in [1.165, 1.54) is 12.8 Å². The van der Waals surface area contributed by atoms with E-state index in [2.05, 4.69) is 12.1 Å². The molecule has 1 saturated carbocycles. The topological polar surface area (TPSA) is 59.1 Å². The van der Waals surface area contributed by atoms with E-state index in [1.807, 2.05) is 59.5 Å². The van der Waals surface area contributed by atoms with Crippen molar-refractivity contribution in [3.05, 3.63) is 95.6 Å². The van der Waals surface area contributed by atoms with E-state index < -0.39 is 0 Å². The van der Waals surface area contributed by atoms with Crippen LogP contribution in [0.15, 0.2) is 78.9 Å². The van der Waals surface area contributed by atoms with Crippen molar-refractivity contribution >= 4 is 11.8 Å². The molecule has 0 spiro atoms. The minimum Gasteiger partial charge on any atom is -0.497 e. The van der Waals surface area contributed by atoms with Crippen LogP contribution < -0.4 is 9.47 Å². The standard InChI is InChI=1S/C30H32N2O4/c1-35-28-9-5-8-24(17-28)18-32-26(16-22-6-3-2-4-7-22)19-31(20-29(32)33)30(34)25-12-14-27(15-13-25)36-21-23-10-11-23/h2-9,12-15,17,23,26H,10-11,16,18-21H2,1H3/t26-/m0/s1. The predicted molar refractivity (Wildman–Crippen MR) is 138 cm³/mol. The molecule has 0 radical (unpaired) electrons. The fraction of sp³-hybridized carbons (Fsp3) is 0.333. The summed E-state index contributed by atoms with van der Waals surface area (Å²) in [4.78, 5) is 30.3. The molecule has 1 heterocycles. The highest BCUT2D eigenvalue weighted by molar-refractivity contribution is 5.97. The largest absolute Gasteiger partial charge is 0.497 e. The molecule has 0 aromatic heterocycles. The molecule has 0 bridgehead atoms. The molecule has 2 fully saturated rings. The number of nitrogens with zero attached hydrogens (tertiary/aromatic N) is 2. The maximum atomic E-state index is 13.4. The maximum absolute atomic E-state index is 13.4. The summed E-state index contributed by atoms with van der Waals surface area (Å²) in [5, 5.41) is 0. The highest BCUT2D eigenvalue weighted by Crippen LogP contribution is 2.29. The second kappa shape index (κ2) is 10.9. The molecule has 3 aromatic rings. The molecular weight excluding hydrogens is 452 g/mol. The van der Waals surface area contributed by atoms with Gasteiger partial charge in [-0.2, -0.15) is 0 Å². The SMILES string of the molecule is COc1cccc(CN2C(=O)CN(C(=O)c3ccc(OCC4CC4)cc3)C[C@@H]2Cc2ccccc2)c1. The average Bonchev–Trinajstić information content (AvgIpc) is 3.74. The molecule has 6 nitrogen and oxygen atoms in total. The van der Waals surface area contributed by atoms with Crippen molar-refractivity contribution < 1.29 is 19.1 Å². The van der Waals surface area contributed by atoms with Gasteiger partial charge in [-0.05, 0) is 72.7 Å². The van der Waals surface area contributed by atoms with Gasteiger partial charge in [-0.15, -0.1) is 0 Å². The summed E-state index contributed by atoms with van der Waals surface area (Å²) in [6.45, 7) is 1.75. The lowest BCUT2D eigenvalue weighted by Gasteiger charge is -2.41. The average molecular weight is 485 g/mol. The number of hydrogen-bond acceptors (Lipinski definition) is 4. The molecule has 1 saturated heterocycles. The van der Waals surface area contributed by atoms with Gasteiger partial charge >= 0.3 is 0 Å². The van der Waals surface area contributed by atoms with Crippen LogP contribution in [-0.4, -0.2) is 54.5 Å². The summed E-state index contributed by atoms with van der Waals surface area (Å²) in [5.74, 6) is 2.03. The minimum atomic E-state index is -0.134. The zero-order valence-electron chi connectivity index (χ0n) is 20.6. The van der Waals surface area contributed by atoms with Gasteiger partial charge < -0.3 is 19.3 Å². The summed E-state index contributed by atoms with van der Waals surface area (Å²) < 4.78 is 11.2. The number of methoxy groups -OCH3 is 1. The minimum absolute atomic E-state index is 0.0530. The number of amides is 2. The van der Waals surface area contributed by atoms with Crippen molar-refractivity contribution in [2.75, 3.05) is 26.8 Å². The molecule has 3 aromatic carbocycles. The number of rotatable bonds is 9. The quantitative estimate of drug-likeness (QED) is 0.446. The van der Waals surface area contributed by atoms with E-state index in [0.717, 1.165) is 29.2 Å². The zero-order chi connectivity index (χ0) is 24.9. The highest BCUT2D eigenvalue weighted by atomic mass is 16.5. The molecule has 6 heteroatoms. The lowest BCUT2D eigenvalue weighted by Crippen LogP contribution is -2.58. The predicted octanol–water partition coefficient (Wildman–Crippen LogP) is 4.58. The Morgan fingerprint density at radius 2 is 1.67 bits per heavy atom. The normalized spacial score (nSPS) is 17.7. The van der Waals surface area contributed by atoms with Gasteiger partial charge in [-0.3, -0.25) is 9.59 Å². The number of ether oxygens (including phenoxy) is 2. The van der Waals surface area contributed by atoms with Gasteiger partial charge in [0.2, 0.25) is 5.91 Å². The fourth-order valence-corrected chi connectivity index (χ4v) is 4.65. The van der Waals surface area contributed by atoms with E-state index in [9.17, 15) is 9.59 Å². The first kappa shape index (κ1) is 23.9. The number of benzene rings is 3. The monoisotopic (exact) mass is 484 g/mol. The molecule has 186 valence electrons. The van der Waals surface area contributed by atoms with Crippen molar-refractivity contribution in [2.24, 2.45) is 5.92 Å². The number of piperazine rings is 1. The van der Waals surface area contributed by atoms with Crippen molar-refractivity contribution in [3.63, 3.8) is 0 Å². The van der Waals surface area contributed by atoms with Crippen LogP contribution in [0, 0.1) is 5.92 Å². The molecule has 0 N–H and O–H groups in total. The third-order valence-corrected chi connectivity index (χ3v) is 6.89. The van der Waals surface area contributed by atoms with Crippen LogP contribution in [0.2, 0.25) is 0 Å². The molecular formula is C30H32N2O4. The van der Waals surface area contributed by atoms with Crippen molar-refractivity contribution in [1.82, 2.24) is 9.80 Å². The summed E-state index contributed by atoms with van der Waals surface area (Å²) in [6, 6.07) is 25.0. The number of hydrogen-bond donors (Lipinski definition) is 0. The molecule has 2 amide bonds. The Hall–Kier alpha value is -3.80. The van der Waals surface area contributed by atoms with Gasteiger partial charge in [0.15, 0.2) is 0 Å². The zero-order valence-corrected chi connectivity index (χ0v) is 20.6. The lowest BCUT2D eigenvalue weighted by atomic mass is 10.00. The van der Waals surface area contributed by atoms with Gasteiger partial charge in [0.05, 0.1) is 19.8 Å². The second-order valence-corrected chi connectivity index (χ2v) is 9.68. The van der Waals surface area contributed by atoms with Crippen molar-refractivity contribution in [3.8, 4) is 11.5 Å². The Balaban J connectivity index is 1.32. The smallest absolute Gasteiger partial charge is 0.254 e. The van der Waals surface area contributed by atoms with Crippen LogP contribution in [0.25, 0.3) is 0 Å². The number of carbonyl (C=O) groups excluding carboxylic acids is 2. The Kier molecular flexibility index (Phi) is 7.21. The van der Waals surface area contributed by atoms with E-state index in [4.69, 9.17) is 9.47 Å². The van der Waals surface area contributed by atoms with Crippen LogP contribution in [0.4, 0.5) is 0 Å². The molecule has 1 aliphatic heterocycles. The second-order valence-electron chi connectivity index (χ2n) is 9.68. The fourth-order valence-electron chi connectivity index (χ4n) is 4.65. The van der Waals surface area contributed by atoms with E-state index in [0.29, 0.717) is 31.0 Å². The van der Waals surface area contributed by atoms with Gasteiger partial charge in [0.1, 0.15) is 18.0 Å².